The third-order valence-corrected chi connectivity index (χ3v) is 9.40. The van der Waals surface area contributed by atoms with E-state index in [2.05, 4.69) is 47.1 Å². The Morgan fingerprint density at radius 3 is 2.81 bits per heavy atom. The van der Waals surface area contributed by atoms with Crippen LogP contribution in [0.1, 0.15) is 71.1 Å². The Morgan fingerprint density at radius 2 is 2.03 bits per heavy atom. The number of aryl methyl sites for hydroxylation is 2. The number of carbonyl (C=O) groups excluding carboxylic acids is 1. The largest absolute Gasteiger partial charge is 0.392 e. The van der Waals surface area contributed by atoms with Crippen LogP contribution in [0, 0.1) is 23.2 Å². The summed E-state index contributed by atoms with van der Waals surface area (Å²) in [6, 6.07) is 14.8. The van der Waals surface area contributed by atoms with Crippen LogP contribution in [0.3, 0.4) is 0 Å². The number of hydrogen-bond donors (Lipinski definition) is 2. The molecule has 3 N–H and O–H groups in total. The third kappa shape index (κ3) is 3.74. The van der Waals surface area contributed by atoms with Gasteiger partial charge < -0.3 is 10.8 Å². The summed E-state index contributed by atoms with van der Waals surface area (Å²) in [6.07, 6.45) is 7.40. The molecular formula is C28H34BrNO2. The summed E-state index contributed by atoms with van der Waals surface area (Å²) < 4.78 is 0. The Bertz CT molecular complexity index is 1020. The zero-order valence-electron chi connectivity index (χ0n) is 18.9. The highest BCUT2D eigenvalue weighted by Gasteiger charge is 2.57. The van der Waals surface area contributed by atoms with Crippen LogP contribution in [0.15, 0.2) is 42.5 Å². The van der Waals surface area contributed by atoms with Crippen LogP contribution in [0.5, 0.6) is 0 Å². The molecule has 0 aromatic heterocycles. The first kappa shape index (κ1) is 22.2. The molecule has 32 heavy (non-hydrogen) atoms. The number of alkyl halides is 1. The van der Waals surface area contributed by atoms with Gasteiger partial charge in [-0.05, 0) is 108 Å². The third-order valence-electron chi connectivity index (χ3n) is 9.00. The lowest BCUT2D eigenvalue weighted by Crippen LogP contribution is -2.44. The Morgan fingerprint density at radius 1 is 1.19 bits per heavy atom. The van der Waals surface area contributed by atoms with Gasteiger partial charge in [0.1, 0.15) is 0 Å². The van der Waals surface area contributed by atoms with Crippen molar-refractivity contribution in [2.24, 2.45) is 28.9 Å². The fraction of sp³-hybridized carbons (Fsp3) is 0.536. The SMILES string of the molecule is C[C@]12CCC3c4ccc(CCBr)cc4CCC3C1C[C@H](Cc1cccc(C(N)=O)c1)[C@@H]2O. The first-order valence-corrected chi connectivity index (χ1v) is 13.3. The number of primary amides is 1. The fourth-order valence-electron chi connectivity index (χ4n) is 7.40. The van der Waals surface area contributed by atoms with Crippen molar-refractivity contribution in [2.45, 2.75) is 63.9 Å². The molecule has 170 valence electrons. The highest BCUT2D eigenvalue weighted by molar-refractivity contribution is 9.09. The molecule has 0 saturated heterocycles. The van der Waals surface area contributed by atoms with Gasteiger partial charge >= 0.3 is 0 Å². The number of aliphatic hydroxyl groups excluding tert-OH is 1. The summed E-state index contributed by atoms with van der Waals surface area (Å²) in [5.41, 5.74) is 11.7. The van der Waals surface area contributed by atoms with E-state index in [9.17, 15) is 9.90 Å². The van der Waals surface area contributed by atoms with E-state index in [4.69, 9.17) is 5.73 Å². The fourth-order valence-corrected chi connectivity index (χ4v) is 7.86. The standard InChI is InChI=1S/C28H34BrNO2/c1-28-11-9-23-22-7-5-17(10-12-29)13-19(22)6-8-24(23)25(28)16-21(26(28)31)15-18-3-2-4-20(14-18)27(30)32/h2-5,7,13-14,21,23-26,31H,6,8-12,15-16H2,1H3,(H2,30,32)/t21-,23?,24?,25?,26-,28-/m0/s1. The molecule has 0 radical (unpaired) electrons. The number of rotatable bonds is 5. The Kier molecular flexibility index (Phi) is 5.96. The first-order chi connectivity index (χ1) is 15.4. The molecule has 5 rings (SSSR count). The summed E-state index contributed by atoms with van der Waals surface area (Å²) >= 11 is 3.57. The van der Waals surface area contributed by atoms with Crippen molar-refractivity contribution >= 4 is 21.8 Å². The van der Waals surface area contributed by atoms with Crippen LogP contribution in [-0.4, -0.2) is 22.4 Å². The van der Waals surface area contributed by atoms with E-state index in [1.54, 1.807) is 17.2 Å². The number of hydrogen-bond acceptors (Lipinski definition) is 2. The van der Waals surface area contributed by atoms with Gasteiger partial charge in [-0.2, -0.15) is 0 Å². The van der Waals surface area contributed by atoms with Crippen molar-refractivity contribution in [1.29, 1.82) is 0 Å². The molecule has 3 aliphatic rings. The number of halogens is 1. The van der Waals surface area contributed by atoms with Crippen LogP contribution < -0.4 is 5.73 Å². The quantitative estimate of drug-likeness (QED) is 0.544. The second kappa shape index (κ2) is 8.61. The lowest BCUT2D eigenvalue weighted by molar-refractivity contribution is -0.0325. The molecule has 3 unspecified atom stereocenters. The van der Waals surface area contributed by atoms with Gasteiger partial charge in [-0.3, -0.25) is 4.79 Å². The van der Waals surface area contributed by atoms with Crippen LogP contribution in [0.4, 0.5) is 0 Å². The molecule has 2 saturated carbocycles. The number of nitrogens with two attached hydrogens (primary N) is 1. The molecule has 0 bridgehead atoms. The molecule has 2 aromatic carbocycles. The Labute approximate surface area is 199 Å². The molecule has 4 heteroatoms. The summed E-state index contributed by atoms with van der Waals surface area (Å²) in [4.78, 5) is 11.6. The van der Waals surface area contributed by atoms with E-state index in [1.165, 1.54) is 24.8 Å². The number of benzene rings is 2. The predicted octanol–water partition coefficient (Wildman–Crippen LogP) is 5.41. The molecule has 2 fully saturated rings. The minimum absolute atomic E-state index is 0.000533. The van der Waals surface area contributed by atoms with Gasteiger partial charge in [-0.15, -0.1) is 0 Å². The van der Waals surface area contributed by atoms with Crippen LogP contribution in [0.25, 0.3) is 0 Å². The minimum Gasteiger partial charge on any atom is -0.392 e. The van der Waals surface area contributed by atoms with Crippen molar-refractivity contribution < 1.29 is 9.90 Å². The smallest absolute Gasteiger partial charge is 0.248 e. The zero-order chi connectivity index (χ0) is 22.5. The molecule has 3 aliphatic carbocycles. The van der Waals surface area contributed by atoms with Gasteiger partial charge in [0.05, 0.1) is 6.10 Å². The van der Waals surface area contributed by atoms with Crippen LogP contribution in [0.2, 0.25) is 0 Å². The number of aliphatic hydroxyl groups is 1. The number of fused-ring (bicyclic) bond motifs is 5. The lowest BCUT2D eigenvalue weighted by atomic mass is 9.55. The molecular weight excluding hydrogens is 462 g/mol. The lowest BCUT2D eigenvalue weighted by Gasteiger charge is -2.50. The van der Waals surface area contributed by atoms with E-state index < -0.39 is 0 Å². The molecule has 6 atom stereocenters. The van der Waals surface area contributed by atoms with Gasteiger partial charge in [0.2, 0.25) is 5.91 Å². The first-order valence-electron chi connectivity index (χ1n) is 12.1. The topological polar surface area (TPSA) is 63.3 Å². The van der Waals surface area contributed by atoms with Crippen LogP contribution in [-0.2, 0) is 19.3 Å². The van der Waals surface area contributed by atoms with E-state index in [1.807, 2.05) is 12.1 Å². The molecule has 3 nitrogen and oxygen atoms in total. The molecule has 0 spiro atoms. The normalized spacial score (nSPS) is 33.3. The maximum Gasteiger partial charge on any atom is 0.248 e. The van der Waals surface area contributed by atoms with Crippen molar-refractivity contribution in [1.82, 2.24) is 0 Å². The molecule has 2 aromatic rings. The number of carbonyl (C=O) groups is 1. The summed E-state index contributed by atoms with van der Waals surface area (Å²) in [5.74, 6) is 1.73. The average molecular weight is 496 g/mol. The summed E-state index contributed by atoms with van der Waals surface area (Å²) in [5, 5.41) is 12.5. The highest BCUT2D eigenvalue weighted by atomic mass is 79.9. The van der Waals surface area contributed by atoms with Crippen LogP contribution >= 0.6 is 15.9 Å². The van der Waals surface area contributed by atoms with Gasteiger partial charge in [-0.1, -0.05) is 53.2 Å². The molecule has 1 amide bonds. The minimum atomic E-state index is -0.387. The van der Waals surface area contributed by atoms with E-state index >= 15 is 0 Å². The van der Waals surface area contributed by atoms with Gasteiger partial charge in [0.15, 0.2) is 0 Å². The van der Waals surface area contributed by atoms with Crippen molar-refractivity contribution in [3.05, 3.63) is 70.3 Å². The van der Waals surface area contributed by atoms with Crippen molar-refractivity contribution in [2.75, 3.05) is 5.33 Å². The molecule has 0 heterocycles. The maximum absolute atomic E-state index is 11.6. The second-order valence-corrected chi connectivity index (χ2v) is 11.4. The molecule has 0 aliphatic heterocycles. The monoisotopic (exact) mass is 495 g/mol. The van der Waals surface area contributed by atoms with E-state index in [0.29, 0.717) is 23.3 Å². The maximum atomic E-state index is 11.6. The highest BCUT2D eigenvalue weighted by Crippen LogP contribution is 2.62. The van der Waals surface area contributed by atoms with Gasteiger partial charge in [-0.25, -0.2) is 0 Å². The Balaban J connectivity index is 1.38. The average Bonchev–Trinajstić information content (AvgIpc) is 3.04. The zero-order valence-corrected chi connectivity index (χ0v) is 20.5. The summed E-state index contributed by atoms with van der Waals surface area (Å²) in [6.45, 7) is 2.34. The van der Waals surface area contributed by atoms with Crippen molar-refractivity contribution in [3.8, 4) is 0 Å². The van der Waals surface area contributed by atoms with Gasteiger partial charge in [0.25, 0.3) is 0 Å². The number of amides is 1. The summed E-state index contributed by atoms with van der Waals surface area (Å²) in [7, 11) is 0. The Hall–Kier alpha value is -1.65. The van der Waals surface area contributed by atoms with E-state index in [0.717, 1.165) is 36.6 Å². The van der Waals surface area contributed by atoms with Crippen molar-refractivity contribution in [3.63, 3.8) is 0 Å². The second-order valence-electron chi connectivity index (χ2n) is 10.6. The predicted molar refractivity (Wildman–Crippen MR) is 132 cm³/mol. The van der Waals surface area contributed by atoms with Gasteiger partial charge in [0, 0.05) is 10.9 Å². The van der Waals surface area contributed by atoms with E-state index in [-0.39, 0.29) is 23.3 Å².